The van der Waals surface area contributed by atoms with Gasteiger partial charge in [-0.1, -0.05) is 24.3 Å². The molecule has 35 heavy (non-hydrogen) atoms. The number of anilines is 2. The molecule has 4 N–H and O–H groups in total. The monoisotopic (exact) mass is 476 g/mol. The Morgan fingerprint density at radius 3 is 2.74 bits per heavy atom. The Balaban J connectivity index is 1.43. The molecule has 1 aliphatic rings. The van der Waals surface area contributed by atoms with E-state index in [-0.39, 0.29) is 12.0 Å². The highest BCUT2D eigenvalue weighted by molar-refractivity contribution is 5.87. The van der Waals surface area contributed by atoms with E-state index >= 15 is 0 Å². The van der Waals surface area contributed by atoms with Crippen molar-refractivity contribution in [2.45, 2.75) is 64.3 Å². The van der Waals surface area contributed by atoms with E-state index in [0.29, 0.717) is 12.5 Å². The minimum atomic E-state index is -0.836. The largest absolute Gasteiger partial charge is 0.390 e. The Labute approximate surface area is 206 Å². The molecule has 186 valence electrons. The van der Waals surface area contributed by atoms with Crippen molar-refractivity contribution in [2.24, 2.45) is 5.92 Å². The molecule has 1 saturated carbocycles. The first-order chi connectivity index (χ1) is 16.8. The van der Waals surface area contributed by atoms with Crippen LogP contribution in [0, 0.1) is 5.92 Å². The lowest BCUT2D eigenvalue weighted by Crippen LogP contribution is -2.29. The lowest BCUT2D eigenvalue weighted by atomic mass is 9.96. The molecule has 0 aliphatic heterocycles. The van der Waals surface area contributed by atoms with Crippen LogP contribution in [-0.4, -0.2) is 55.0 Å². The maximum absolute atomic E-state index is 10.8. The lowest BCUT2D eigenvalue weighted by molar-refractivity contribution is 0.00546. The highest BCUT2D eigenvalue weighted by atomic mass is 16.3. The number of nitrogens with zero attached hydrogens (tertiary/aromatic N) is 4. The predicted molar refractivity (Wildman–Crippen MR) is 141 cm³/mol. The zero-order chi connectivity index (χ0) is 25.1. The van der Waals surface area contributed by atoms with Crippen LogP contribution < -0.4 is 21.2 Å². The van der Waals surface area contributed by atoms with E-state index in [1.165, 1.54) is 11.9 Å². The number of rotatable bonds is 8. The van der Waals surface area contributed by atoms with Crippen molar-refractivity contribution in [3.8, 4) is 0 Å². The molecule has 0 bridgehead atoms. The van der Waals surface area contributed by atoms with Crippen molar-refractivity contribution in [2.75, 3.05) is 17.7 Å². The van der Waals surface area contributed by atoms with E-state index in [1.54, 1.807) is 0 Å². The van der Waals surface area contributed by atoms with Gasteiger partial charge in [-0.3, -0.25) is 0 Å². The van der Waals surface area contributed by atoms with Crippen LogP contribution in [0.25, 0.3) is 23.7 Å². The molecule has 1 aliphatic carbocycles. The van der Waals surface area contributed by atoms with Gasteiger partial charge in [-0.25, -0.2) is 15.0 Å². The summed E-state index contributed by atoms with van der Waals surface area (Å²) in [6, 6.07) is 6.04. The molecule has 0 saturated heterocycles. The standard InChI is InChI=1S/C27H36N6O2/c1-16(2)31-23-11-10-19(18(4)32-23)8-6-17(3)7-9-20-14-22(25(35)24(20)34)33-13-12-21-26(28-5)29-15-30-27(21)33/h6,8,10-13,15-16,20,22,24-25,34-35H,4,7,9,14H2,1-3,5H3,(H,31,32)(H,28,29,30)/b17-6+,19-8-/t20-,22+,24+,25-/m0/s1. The average Bonchev–Trinajstić information content (AvgIpc) is 3.37. The Morgan fingerprint density at radius 2 is 2.03 bits per heavy atom. The van der Waals surface area contributed by atoms with Crippen molar-refractivity contribution >= 4 is 35.3 Å². The van der Waals surface area contributed by atoms with Gasteiger partial charge in [0.1, 0.15) is 29.7 Å². The fourth-order valence-electron chi connectivity index (χ4n) is 4.87. The van der Waals surface area contributed by atoms with Crippen molar-refractivity contribution in [1.29, 1.82) is 0 Å². The number of fused-ring (bicyclic) bond motifs is 1. The van der Waals surface area contributed by atoms with Gasteiger partial charge in [0.15, 0.2) is 0 Å². The average molecular weight is 477 g/mol. The predicted octanol–water partition coefficient (Wildman–Crippen LogP) is 2.59. The minimum absolute atomic E-state index is 0.00729. The smallest absolute Gasteiger partial charge is 0.145 e. The summed E-state index contributed by atoms with van der Waals surface area (Å²) in [5, 5.41) is 30.6. The van der Waals surface area contributed by atoms with Crippen LogP contribution in [0.15, 0.2) is 42.4 Å². The summed E-state index contributed by atoms with van der Waals surface area (Å²) < 4.78 is 1.97. The second-order valence-electron chi connectivity index (χ2n) is 9.73. The van der Waals surface area contributed by atoms with Crippen LogP contribution in [-0.2, 0) is 0 Å². The normalized spacial score (nSPS) is 23.4. The number of aromatic nitrogens is 4. The molecule has 3 aromatic rings. The lowest BCUT2D eigenvalue weighted by Gasteiger charge is -2.19. The van der Waals surface area contributed by atoms with E-state index in [1.807, 2.05) is 42.1 Å². The molecule has 3 aromatic heterocycles. The molecule has 4 rings (SSSR count). The van der Waals surface area contributed by atoms with E-state index in [2.05, 4.69) is 59.0 Å². The van der Waals surface area contributed by atoms with Crippen LogP contribution in [0.4, 0.5) is 11.6 Å². The second-order valence-corrected chi connectivity index (χ2v) is 9.73. The zero-order valence-electron chi connectivity index (χ0n) is 20.9. The summed E-state index contributed by atoms with van der Waals surface area (Å²) in [6.07, 6.45) is 8.30. The molecular weight excluding hydrogens is 440 g/mol. The highest BCUT2D eigenvalue weighted by Gasteiger charge is 2.42. The van der Waals surface area contributed by atoms with Gasteiger partial charge in [0, 0.05) is 19.3 Å². The molecule has 0 aromatic carbocycles. The molecule has 8 nitrogen and oxygen atoms in total. The summed E-state index contributed by atoms with van der Waals surface area (Å²) in [6.45, 7) is 10.3. The summed E-state index contributed by atoms with van der Waals surface area (Å²) in [5.74, 6) is 1.59. The third kappa shape index (κ3) is 5.39. The zero-order valence-corrected chi connectivity index (χ0v) is 20.9. The Bertz CT molecular complexity index is 1310. The minimum Gasteiger partial charge on any atom is -0.390 e. The van der Waals surface area contributed by atoms with Gasteiger partial charge >= 0.3 is 0 Å². The van der Waals surface area contributed by atoms with E-state index in [4.69, 9.17) is 0 Å². The van der Waals surface area contributed by atoms with Gasteiger partial charge in [0.2, 0.25) is 0 Å². The van der Waals surface area contributed by atoms with Gasteiger partial charge in [-0.15, -0.1) is 0 Å². The number of aliphatic hydroxyl groups excluding tert-OH is 2. The molecule has 0 radical (unpaired) electrons. The van der Waals surface area contributed by atoms with Crippen molar-refractivity contribution in [1.82, 2.24) is 19.5 Å². The third-order valence-corrected chi connectivity index (χ3v) is 6.78. The van der Waals surface area contributed by atoms with Gasteiger partial charge in [-0.2, -0.15) is 0 Å². The van der Waals surface area contributed by atoms with Crippen LogP contribution in [0.5, 0.6) is 0 Å². The number of pyridine rings is 1. The number of allylic oxidation sites excluding steroid dienone is 2. The van der Waals surface area contributed by atoms with Gasteiger partial charge < -0.3 is 25.4 Å². The van der Waals surface area contributed by atoms with Crippen LogP contribution in [0.1, 0.15) is 46.1 Å². The van der Waals surface area contributed by atoms with E-state index < -0.39 is 12.2 Å². The summed E-state index contributed by atoms with van der Waals surface area (Å²) in [7, 11) is 1.82. The van der Waals surface area contributed by atoms with Crippen molar-refractivity contribution in [3.63, 3.8) is 0 Å². The molecule has 8 heteroatoms. The number of nitrogens with one attached hydrogen (secondary N) is 2. The molecule has 0 unspecified atom stereocenters. The van der Waals surface area contributed by atoms with Gasteiger partial charge in [0.05, 0.1) is 22.9 Å². The molecule has 0 spiro atoms. The first-order valence-electron chi connectivity index (χ1n) is 12.2. The topological polar surface area (TPSA) is 108 Å². The maximum Gasteiger partial charge on any atom is 0.145 e. The SMILES string of the molecule is C=c1nc(NC(C)C)cc/c1=C/C=C(\C)CC[C@H]1C[C@@H](n2ccc3c(NC)ncnc32)[C@H](O)[C@@H]1O. The quantitative estimate of drug-likeness (QED) is 0.396. The first-order valence-corrected chi connectivity index (χ1v) is 12.2. The fourth-order valence-corrected chi connectivity index (χ4v) is 4.87. The summed E-state index contributed by atoms with van der Waals surface area (Å²) in [5.41, 5.74) is 1.97. The van der Waals surface area contributed by atoms with E-state index in [9.17, 15) is 10.2 Å². The van der Waals surface area contributed by atoms with Gasteiger partial charge in [0.25, 0.3) is 0 Å². The molecule has 0 amide bonds. The second kappa shape index (κ2) is 10.6. The molecule has 3 heterocycles. The number of hydrogen-bond donors (Lipinski definition) is 4. The van der Waals surface area contributed by atoms with Crippen LogP contribution >= 0.6 is 0 Å². The Morgan fingerprint density at radius 1 is 1.23 bits per heavy atom. The number of aliphatic hydroxyl groups is 2. The number of hydrogen-bond acceptors (Lipinski definition) is 7. The molecule has 4 atom stereocenters. The fraction of sp³-hybridized carbons (Fsp3) is 0.444. The molecule has 1 fully saturated rings. The van der Waals surface area contributed by atoms with E-state index in [0.717, 1.165) is 46.1 Å². The summed E-state index contributed by atoms with van der Waals surface area (Å²) in [4.78, 5) is 13.2. The van der Waals surface area contributed by atoms with Crippen molar-refractivity contribution < 1.29 is 10.2 Å². The van der Waals surface area contributed by atoms with Crippen LogP contribution in [0.2, 0.25) is 0 Å². The first kappa shape index (κ1) is 24.9. The summed E-state index contributed by atoms with van der Waals surface area (Å²) >= 11 is 0. The van der Waals surface area contributed by atoms with Crippen molar-refractivity contribution in [3.05, 3.63) is 52.9 Å². The third-order valence-electron chi connectivity index (χ3n) is 6.78. The Hall–Kier alpha value is -3.23. The highest BCUT2D eigenvalue weighted by Crippen LogP contribution is 2.40. The molecular formula is C27H36N6O2. The Kier molecular flexibility index (Phi) is 7.52. The maximum atomic E-state index is 10.8. The van der Waals surface area contributed by atoms with Gasteiger partial charge in [-0.05, 0) is 69.4 Å². The van der Waals surface area contributed by atoms with Crippen LogP contribution in [0.3, 0.4) is 0 Å².